The van der Waals surface area contributed by atoms with Crippen molar-refractivity contribution in [3.63, 3.8) is 0 Å². The summed E-state index contributed by atoms with van der Waals surface area (Å²) in [5.74, 6) is 0.176. The van der Waals surface area contributed by atoms with Gasteiger partial charge in [0, 0.05) is 6.42 Å². The molecule has 0 amide bonds. The van der Waals surface area contributed by atoms with Gasteiger partial charge in [-0.25, -0.2) is 15.0 Å². The molecule has 0 aromatic carbocycles. The fourth-order valence-electron chi connectivity index (χ4n) is 3.35. The molecule has 1 saturated heterocycles. The highest BCUT2D eigenvalue weighted by Gasteiger charge is 2.70. The average molecular weight is 381 g/mol. The number of hydrogen-bond acceptors (Lipinski definition) is 9. The standard InChI is InChI=1S/C16H23N5O4S/c1-9(2)4-5-15(16(24,26)14(3,23)10(6-22)25-15)21-8-20-11-12(17)18-7-19-13(11)21/h7-8,10,22-24,26H,1,4-6H2,2-3H3,(H2,17,18,19)/t10-,14-,15-,16+/m1/s1. The number of thiol groups is 1. The maximum atomic E-state index is 11.3. The highest BCUT2D eigenvalue weighted by molar-refractivity contribution is 7.81. The summed E-state index contributed by atoms with van der Waals surface area (Å²) in [5, 5.41) is 31.8. The number of ether oxygens (including phenoxy) is 1. The number of anilines is 1. The van der Waals surface area contributed by atoms with E-state index < -0.39 is 29.0 Å². The summed E-state index contributed by atoms with van der Waals surface area (Å²) < 4.78 is 7.51. The molecule has 0 bridgehead atoms. The molecule has 0 aliphatic carbocycles. The van der Waals surface area contributed by atoms with Crippen LogP contribution in [0.3, 0.4) is 0 Å². The quantitative estimate of drug-likeness (QED) is 0.281. The Bertz CT molecular complexity index is 852. The molecule has 1 fully saturated rings. The Balaban J connectivity index is 2.26. The van der Waals surface area contributed by atoms with Crippen molar-refractivity contribution in [2.24, 2.45) is 0 Å². The van der Waals surface area contributed by atoms with Crippen LogP contribution in [0.4, 0.5) is 5.82 Å². The molecule has 1 aliphatic rings. The first-order valence-electron chi connectivity index (χ1n) is 8.12. The summed E-state index contributed by atoms with van der Waals surface area (Å²) >= 11 is 4.38. The van der Waals surface area contributed by atoms with Gasteiger partial charge in [0.15, 0.2) is 22.1 Å². The topological polar surface area (TPSA) is 140 Å². The molecule has 0 saturated carbocycles. The second kappa shape index (κ2) is 6.17. The molecule has 1 aliphatic heterocycles. The van der Waals surface area contributed by atoms with Gasteiger partial charge in [0.1, 0.15) is 23.5 Å². The van der Waals surface area contributed by atoms with Crippen molar-refractivity contribution < 1.29 is 20.1 Å². The molecule has 2 aromatic rings. The van der Waals surface area contributed by atoms with Gasteiger partial charge in [-0.1, -0.05) is 5.57 Å². The van der Waals surface area contributed by atoms with Crippen LogP contribution in [0, 0.1) is 0 Å². The molecule has 3 rings (SSSR count). The van der Waals surface area contributed by atoms with E-state index in [0.29, 0.717) is 17.6 Å². The van der Waals surface area contributed by atoms with Crippen LogP contribution in [0.5, 0.6) is 0 Å². The Kier molecular flexibility index (Phi) is 4.52. The first-order valence-corrected chi connectivity index (χ1v) is 8.57. The summed E-state index contributed by atoms with van der Waals surface area (Å²) in [7, 11) is 0. The maximum absolute atomic E-state index is 11.3. The second-order valence-corrected chi connectivity index (χ2v) is 7.54. The van der Waals surface area contributed by atoms with Crippen LogP contribution in [-0.4, -0.2) is 58.1 Å². The summed E-state index contributed by atoms with van der Waals surface area (Å²) in [6.07, 6.45) is 2.29. The molecular weight excluding hydrogens is 358 g/mol. The number of aliphatic hydroxyl groups excluding tert-OH is 1. The predicted octanol–water partition coefficient (Wildman–Crippen LogP) is 0.178. The predicted molar refractivity (Wildman–Crippen MR) is 98.3 cm³/mol. The van der Waals surface area contributed by atoms with Gasteiger partial charge in [0.2, 0.25) is 0 Å². The zero-order valence-corrected chi connectivity index (χ0v) is 15.5. The van der Waals surface area contributed by atoms with E-state index in [2.05, 4.69) is 34.2 Å². The van der Waals surface area contributed by atoms with Crippen molar-refractivity contribution in [1.29, 1.82) is 0 Å². The van der Waals surface area contributed by atoms with E-state index in [1.807, 2.05) is 6.92 Å². The van der Waals surface area contributed by atoms with E-state index in [4.69, 9.17) is 10.5 Å². The molecule has 0 spiro atoms. The van der Waals surface area contributed by atoms with Gasteiger partial charge in [0.05, 0.1) is 12.9 Å². The lowest BCUT2D eigenvalue weighted by Gasteiger charge is -2.42. The number of fused-ring (bicyclic) bond motifs is 1. The van der Waals surface area contributed by atoms with Crippen LogP contribution in [0.15, 0.2) is 24.8 Å². The minimum Gasteiger partial charge on any atom is -0.394 e. The first kappa shape index (κ1) is 19.1. The molecule has 5 N–H and O–H groups in total. The highest BCUT2D eigenvalue weighted by Crippen LogP contribution is 2.55. The molecule has 4 atom stereocenters. The average Bonchev–Trinajstić information content (AvgIpc) is 3.05. The molecule has 0 unspecified atom stereocenters. The van der Waals surface area contributed by atoms with Crippen molar-refractivity contribution in [3.05, 3.63) is 24.8 Å². The second-order valence-electron chi connectivity index (χ2n) is 6.90. The summed E-state index contributed by atoms with van der Waals surface area (Å²) in [4.78, 5) is 10.3. The smallest absolute Gasteiger partial charge is 0.189 e. The molecule has 9 nitrogen and oxygen atoms in total. The summed E-state index contributed by atoms with van der Waals surface area (Å²) in [6.45, 7) is 6.59. The number of allylic oxidation sites excluding steroid dienone is 1. The van der Waals surface area contributed by atoms with Gasteiger partial charge in [0.25, 0.3) is 0 Å². The minimum absolute atomic E-state index is 0.176. The molecule has 142 valence electrons. The van der Waals surface area contributed by atoms with Gasteiger partial charge in [-0.05, 0) is 20.3 Å². The van der Waals surface area contributed by atoms with Gasteiger partial charge < -0.3 is 25.8 Å². The molecular formula is C16H23N5O4S. The van der Waals surface area contributed by atoms with E-state index in [1.54, 1.807) is 0 Å². The number of imidazole rings is 1. The number of nitrogens with zero attached hydrogens (tertiary/aromatic N) is 4. The number of aromatic nitrogens is 4. The normalized spacial score (nSPS) is 34.5. The van der Waals surface area contributed by atoms with Gasteiger partial charge in [-0.15, -0.1) is 19.2 Å². The molecule has 0 radical (unpaired) electrons. The van der Waals surface area contributed by atoms with Crippen LogP contribution >= 0.6 is 12.6 Å². The largest absolute Gasteiger partial charge is 0.394 e. The third-order valence-electron chi connectivity index (χ3n) is 5.02. The lowest BCUT2D eigenvalue weighted by molar-refractivity contribution is -0.162. The van der Waals surface area contributed by atoms with Crippen molar-refractivity contribution in [1.82, 2.24) is 19.5 Å². The molecule has 26 heavy (non-hydrogen) atoms. The lowest BCUT2D eigenvalue weighted by atomic mass is 9.86. The monoisotopic (exact) mass is 381 g/mol. The van der Waals surface area contributed by atoms with E-state index in [1.165, 1.54) is 24.1 Å². The Hall–Kier alpha value is -1.72. The Labute approximate surface area is 156 Å². The number of hydrogen-bond donors (Lipinski definition) is 5. The Morgan fingerprint density at radius 3 is 2.69 bits per heavy atom. The van der Waals surface area contributed by atoms with E-state index >= 15 is 0 Å². The molecule has 3 heterocycles. The SMILES string of the molecule is C=C(C)CC[C@@]1(n2cnc3c(N)ncnc32)O[C@H](CO)[C@@](C)(O)[C@]1(O)S. The van der Waals surface area contributed by atoms with Gasteiger partial charge in [-0.2, -0.15) is 0 Å². The fraction of sp³-hybridized carbons (Fsp3) is 0.562. The van der Waals surface area contributed by atoms with Gasteiger partial charge >= 0.3 is 0 Å². The Morgan fingerprint density at radius 2 is 2.12 bits per heavy atom. The summed E-state index contributed by atoms with van der Waals surface area (Å²) in [6, 6.07) is 0. The van der Waals surface area contributed by atoms with Gasteiger partial charge in [-0.3, -0.25) is 4.57 Å². The van der Waals surface area contributed by atoms with Crippen LogP contribution in [0.1, 0.15) is 26.7 Å². The zero-order chi connectivity index (χ0) is 19.3. The van der Waals surface area contributed by atoms with Crippen molar-refractivity contribution >= 4 is 29.6 Å². The van der Waals surface area contributed by atoms with Crippen LogP contribution < -0.4 is 5.73 Å². The lowest BCUT2D eigenvalue weighted by Crippen LogP contribution is -2.59. The van der Waals surface area contributed by atoms with Crippen molar-refractivity contribution in [3.8, 4) is 0 Å². The minimum atomic E-state index is -2.07. The summed E-state index contributed by atoms with van der Waals surface area (Å²) in [5.41, 5.74) is 3.94. The van der Waals surface area contributed by atoms with Crippen molar-refractivity contribution in [2.45, 2.75) is 49.1 Å². The van der Waals surface area contributed by atoms with E-state index in [-0.39, 0.29) is 12.2 Å². The number of rotatable bonds is 5. The first-order chi connectivity index (χ1) is 12.1. The number of aliphatic hydroxyl groups is 3. The Morgan fingerprint density at radius 1 is 1.42 bits per heavy atom. The maximum Gasteiger partial charge on any atom is 0.189 e. The zero-order valence-electron chi connectivity index (χ0n) is 14.6. The van der Waals surface area contributed by atoms with Crippen LogP contribution in [0.2, 0.25) is 0 Å². The van der Waals surface area contributed by atoms with Crippen LogP contribution in [0.25, 0.3) is 11.2 Å². The van der Waals surface area contributed by atoms with E-state index in [0.717, 1.165) is 5.57 Å². The molecule has 2 aromatic heterocycles. The highest BCUT2D eigenvalue weighted by atomic mass is 32.1. The number of nitrogens with two attached hydrogens (primary N) is 1. The van der Waals surface area contributed by atoms with Crippen LogP contribution in [-0.2, 0) is 10.5 Å². The molecule has 10 heteroatoms. The van der Waals surface area contributed by atoms with E-state index in [9.17, 15) is 15.3 Å². The third kappa shape index (κ3) is 2.44. The van der Waals surface area contributed by atoms with Crippen molar-refractivity contribution in [2.75, 3.05) is 12.3 Å². The third-order valence-corrected chi connectivity index (χ3v) is 5.82. The fourth-order valence-corrected chi connectivity index (χ4v) is 3.76. The number of nitrogen functional groups attached to an aromatic ring is 1.